The van der Waals surface area contributed by atoms with E-state index >= 15 is 0 Å². The number of carbonyl (C=O) groups is 1. The summed E-state index contributed by atoms with van der Waals surface area (Å²) in [7, 11) is 3.00. The molecule has 0 aliphatic carbocycles. The third-order valence-corrected chi connectivity index (χ3v) is 3.78. The quantitative estimate of drug-likeness (QED) is 0.881. The first-order valence-corrected chi connectivity index (χ1v) is 7.42. The van der Waals surface area contributed by atoms with Crippen LogP contribution in [0.15, 0.2) is 24.3 Å². The molecule has 2 aromatic rings. The fourth-order valence-corrected chi connectivity index (χ4v) is 2.52. The molecular formula is C16H19F3N4O2. The van der Waals surface area contributed by atoms with E-state index in [0.717, 1.165) is 0 Å². The smallest absolute Gasteiger partial charge is 0.413 e. The van der Waals surface area contributed by atoms with E-state index in [2.05, 4.69) is 10.4 Å². The van der Waals surface area contributed by atoms with E-state index in [1.54, 1.807) is 25.2 Å². The molecule has 1 aromatic carbocycles. The number of rotatable bonds is 4. The maximum absolute atomic E-state index is 13.5. The van der Waals surface area contributed by atoms with Gasteiger partial charge in [0.15, 0.2) is 6.04 Å². The number of carbonyl (C=O) groups excluding carboxylic acids is 1. The summed E-state index contributed by atoms with van der Waals surface area (Å²) in [5.41, 5.74) is 0.804. The summed E-state index contributed by atoms with van der Waals surface area (Å²) in [5, 5.41) is 8.35. The highest BCUT2D eigenvalue weighted by atomic mass is 19.4. The zero-order chi connectivity index (χ0) is 18.8. The van der Waals surface area contributed by atoms with Crippen molar-refractivity contribution in [1.82, 2.24) is 15.1 Å². The van der Waals surface area contributed by atoms with Crippen LogP contribution in [0.1, 0.15) is 23.0 Å². The van der Waals surface area contributed by atoms with Gasteiger partial charge in [-0.3, -0.25) is 4.68 Å². The number of halogens is 3. The van der Waals surface area contributed by atoms with Crippen LogP contribution in [0.2, 0.25) is 0 Å². The number of benzene rings is 1. The zero-order valence-electron chi connectivity index (χ0n) is 14.2. The standard InChI is InChI=1S/C16H19F3N4O2/c1-9-13(10(2)23(3)22-9)14(16(17,18)19)21-15(24)20-11-6-5-7-12(8-11)25-4/h5-8,14H,1-4H3,(H2,20,21,24). The lowest BCUT2D eigenvalue weighted by Gasteiger charge is -2.22. The molecule has 1 heterocycles. The second-order valence-corrected chi connectivity index (χ2v) is 5.51. The fraction of sp³-hybridized carbons (Fsp3) is 0.375. The number of aromatic nitrogens is 2. The van der Waals surface area contributed by atoms with Crippen molar-refractivity contribution in [2.45, 2.75) is 26.1 Å². The van der Waals surface area contributed by atoms with Crippen molar-refractivity contribution in [3.63, 3.8) is 0 Å². The van der Waals surface area contributed by atoms with E-state index in [4.69, 9.17) is 4.74 Å². The van der Waals surface area contributed by atoms with Crippen LogP contribution in [0.5, 0.6) is 5.75 Å². The van der Waals surface area contributed by atoms with Gasteiger partial charge in [0.2, 0.25) is 0 Å². The molecule has 2 N–H and O–H groups in total. The summed E-state index contributed by atoms with van der Waals surface area (Å²) in [6, 6.07) is 3.19. The monoisotopic (exact) mass is 356 g/mol. The van der Waals surface area contributed by atoms with Crippen molar-refractivity contribution in [2.24, 2.45) is 7.05 Å². The van der Waals surface area contributed by atoms with Crippen LogP contribution in [-0.2, 0) is 7.05 Å². The van der Waals surface area contributed by atoms with Crippen molar-refractivity contribution in [3.8, 4) is 5.75 Å². The number of hydrogen-bond donors (Lipinski definition) is 2. The van der Waals surface area contributed by atoms with Crippen LogP contribution in [-0.4, -0.2) is 29.1 Å². The first-order chi connectivity index (χ1) is 11.6. The molecular weight excluding hydrogens is 337 g/mol. The van der Waals surface area contributed by atoms with Gasteiger partial charge in [-0.2, -0.15) is 18.3 Å². The van der Waals surface area contributed by atoms with E-state index in [9.17, 15) is 18.0 Å². The number of nitrogens with one attached hydrogen (secondary N) is 2. The highest BCUT2D eigenvalue weighted by Crippen LogP contribution is 2.35. The molecule has 9 heteroatoms. The van der Waals surface area contributed by atoms with Gasteiger partial charge in [-0.15, -0.1) is 0 Å². The number of amides is 2. The summed E-state index contributed by atoms with van der Waals surface area (Å²) in [6.07, 6.45) is -4.66. The number of alkyl halides is 3. The summed E-state index contributed by atoms with van der Waals surface area (Å²) in [6.45, 7) is 3.00. The van der Waals surface area contributed by atoms with Gasteiger partial charge in [-0.25, -0.2) is 4.79 Å². The Morgan fingerprint density at radius 3 is 2.52 bits per heavy atom. The molecule has 6 nitrogen and oxygen atoms in total. The predicted octanol–water partition coefficient (Wildman–Crippen LogP) is 3.47. The minimum absolute atomic E-state index is 0.0595. The SMILES string of the molecule is COc1cccc(NC(=O)NC(c2c(C)nn(C)c2C)C(F)(F)F)c1. The van der Waals surface area contributed by atoms with Crippen LogP contribution in [0.25, 0.3) is 0 Å². The van der Waals surface area contributed by atoms with Gasteiger partial charge in [0, 0.05) is 30.1 Å². The molecule has 0 aliphatic heterocycles. The summed E-state index contributed by atoms with van der Waals surface area (Å²) in [4.78, 5) is 12.1. The molecule has 0 aliphatic rings. The average Bonchev–Trinajstić information content (AvgIpc) is 2.77. The van der Waals surface area contributed by atoms with Gasteiger partial charge in [-0.1, -0.05) is 6.07 Å². The second-order valence-electron chi connectivity index (χ2n) is 5.51. The molecule has 2 amide bonds. The van der Waals surface area contributed by atoms with E-state index in [-0.39, 0.29) is 11.3 Å². The zero-order valence-corrected chi connectivity index (χ0v) is 14.2. The third-order valence-electron chi connectivity index (χ3n) is 3.78. The van der Waals surface area contributed by atoms with Crippen molar-refractivity contribution in [1.29, 1.82) is 0 Å². The van der Waals surface area contributed by atoms with E-state index in [1.165, 1.54) is 31.7 Å². The maximum atomic E-state index is 13.5. The van der Waals surface area contributed by atoms with Crippen LogP contribution in [0, 0.1) is 13.8 Å². The Hall–Kier alpha value is -2.71. The Labute approximate surface area is 143 Å². The Morgan fingerprint density at radius 1 is 1.32 bits per heavy atom. The molecule has 0 bridgehead atoms. The lowest BCUT2D eigenvalue weighted by Crippen LogP contribution is -2.41. The van der Waals surface area contributed by atoms with E-state index in [1.807, 2.05) is 5.32 Å². The van der Waals surface area contributed by atoms with Crippen molar-refractivity contribution >= 4 is 11.7 Å². The summed E-state index contributed by atoms with van der Waals surface area (Å²) >= 11 is 0. The van der Waals surface area contributed by atoms with E-state index in [0.29, 0.717) is 17.1 Å². The highest BCUT2D eigenvalue weighted by Gasteiger charge is 2.44. The predicted molar refractivity (Wildman–Crippen MR) is 86.6 cm³/mol. The molecule has 0 spiro atoms. The van der Waals surface area contributed by atoms with Crippen LogP contribution >= 0.6 is 0 Å². The van der Waals surface area contributed by atoms with Crippen molar-refractivity contribution in [3.05, 3.63) is 41.2 Å². The topological polar surface area (TPSA) is 68.2 Å². The average molecular weight is 356 g/mol. The first-order valence-electron chi connectivity index (χ1n) is 7.42. The Kier molecular flexibility index (Phi) is 5.24. The number of anilines is 1. The summed E-state index contributed by atoms with van der Waals surface area (Å²) in [5.74, 6) is 0.476. The number of ether oxygens (including phenoxy) is 1. The van der Waals surface area contributed by atoms with Gasteiger partial charge in [0.25, 0.3) is 0 Å². The largest absolute Gasteiger partial charge is 0.497 e. The van der Waals surface area contributed by atoms with Crippen LogP contribution in [0.4, 0.5) is 23.7 Å². The molecule has 0 saturated carbocycles. The van der Waals surface area contributed by atoms with Gasteiger partial charge in [0.05, 0.1) is 12.8 Å². The van der Waals surface area contributed by atoms with Gasteiger partial charge < -0.3 is 15.4 Å². The lowest BCUT2D eigenvalue weighted by atomic mass is 10.0. The highest BCUT2D eigenvalue weighted by molar-refractivity contribution is 5.89. The Bertz CT molecular complexity index is 771. The van der Waals surface area contributed by atoms with Gasteiger partial charge in [-0.05, 0) is 26.0 Å². The molecule has 2 rings (SSSR count). The molecule has 0 fully saturated rings. The van der Waals surface area contributed by atoms with E-state index < -0.39 is 18.2 Å². The molecule has 1 atom stereocenters. The fourth-order valence-electron chi connectivity index (χ4n) is 2.52. The Morgan fingerprint density at radius 2 is 2.00 bits per heavy atom. The Balaban J connectivity index is 2.24. The van der Waals surface area contributed by atoms with Crippen molar-refractivity contribution in [2.75, 3.05) is 12.4 Å². The lowest BCUT2D eigenvalue weighted by molar-refractivity contribution is -0.155. The van der Waals surface area contributed by atoms with Gasteiger partial charge >= 0.3 is 12.2 Å². The normalized spacial score (nSPS) is 12.6. The number of hydrogen-bond acceptors (Lipinski definition) is 3. The van der Waals surface area contributed by atoms with Crippen LogP contribution < -0.4 is 15.4 Å². The van der Waals surface area contributed by atoms with Gasteiger partial charge in [0.1, 0.15) is 5.75 Å². The molecule has 0 saturated heterocycles. The number of urea groups is 1. The molecule has 136 valence electrons. The minimum Gasteiger partial charge on any atom is -0.497 e. The third kappa shape index (κ3) is 4.23. The van der Waals surface area contributed by atoms with Crippen LogP contribution in [0.3, 0.4) is 0 Å². The molecule has 0 radical (unpaired) electrons. The molecule has 25 heavy (non-hydrogen) atoms. The number of nitrogens with zero attached hydrogens (tertiary/aromatic N) is 2. The summed E-state index contributed by atoms with van der Waals surface area (Å²) < 4.78 is 46.8. The van der Waals surface area contributed by atoms with Crippen molar-refractivity contribution < 1.29 is 22.7 Å². The molecule has 1 unspecified atom stereocenters. The molecule has 1 aromatic heterocycles. The first kappa shape index (κ1) is 18.6. The number of aryl methyl sites for hydroxylation is 2. The second kappa shape index (κ2) is 7.04. The minimum atomic E-state index is -4.66. The maximum Gasteiger partial charge on any atom is 0.413 e. The number of methoxy groups -OCH3 is 1.